The standard InChI is InChI=1S/C24H29N3O3S/c1-3-16-30-19-10-8-18(9-11-19)22(28)26-24(31)25-21-7-5-4-6-20(21)23(29)27-14-12-17(2)13-15-27/h4-11,17H,3,12-16H2,1-2H3,(H2,25,26,28,31). The second-order valence-electron chi connectivity index (χ2n) is 7.80. The number of carbonyl (C=O) groups is 2. The monoisotopic (exact) mass is 439 g/mol. The number of ether oxygens (including phenoxy) is 1. The molecule has 0 unspecified atom stereocenters. The molecular formula is C24H29N3O3S. The number of hydrogen-bond donors (Lipinski definition) is 2. The van der Waals surface area contributed by atoms with Gasteiger partial charge in [-0.15, -0.1) is 0 Å². The molecule has 0 atom stereocenters. The second-order valence-corrected chi connectivity index (χ2v) is 8.21. The number of rotatable bonds is 6. The molecule has 0 aliphatic carbocycles. The number of amides is 2. The van der Waals surface area contributed by atoms with Gasteiger partial charge in [-0.05, 0) is 73.8 Å². The Balaban J connectivity index is 1.61. The fraction of sp³-hybridized carbons (Fsp3) is 0.375. The molecule has 2 aromatic carbocycles. The Bertz CT molecular complexity index is 922. The van der Waals surface area contributed by atoms with E-state index < -0.39 is 0 Å². The molecule has 0 radical (unpaired) electrons. The summed E-state index contributed by atoms with van der Waals surface area (Å²) < 4.78 is 5.54. The van der Waals surface area contributed by atoms with E-state index in [4.69, 9.17) is 17.0 Å². The fourth-order valence-electron chi connectivity index (χ4n) is 3.41. The highest BCUT2D eigenvalue weighted by Crippen LogP contribution is 2.22. The zero-order chi connectivity index (χ0) is 22.2. The van der Waals surface area contributed by atoms with Gasteiger partial charge >= 0.3 is 0 Å². The molecule has 0 spiro atoms. The van der Waals surface area contributed by atoms with E-state index in [1.807, 2.05) is 24.0 Å². The Morgan fingerprint density at radius 1 is 1.10 bits per heavy atom. The number of benzene rings is 2. The normalized spacial score (nSPS) is 14.1. The van der Waals surface area contributed by atoms with Crippen molar-refractivity contribution in [2.75, 3.05) is 25.0 Å². The largest absolute Gasteiger partial charge is 0.494 e. The number of para-hydroxylation sites is 1. The number of anilines is 1. The average Bonchev–Trinajstić information content (AvgIpc) is 2.78. The summed E-state index contributed by atoms with van der Waals surface area (Å²) >= 11 is 5.32. The van der Waals surface area contributed by atoms with Crippen molar-refractivity contribution in [1.82, 2.24) is 10.2 Å². The average molecular weight is 440 g/mol. The number of thiocarbonyl (C=S) groups is 1. The van der Waals surface area contributed by atoms with Crippen molar-refractivity contribution in [3.8, 4) is 5.75 Å². The van der Waals surface area contributed by atoms with Gasteiger partial charge in [0.15, 0.2) is 5.11 Å². The lowest BCUT2D eigenvalue weighted by molar-refractivity contribution is 0.0698. The summed E-state index contributed by atoms with van der Waals surface area (Å²) in [5, 5.41) is 5.82. The molecule has 6 nitrogen and oxygen atoms in total. The molecule has 1 heterocycles. The molecule has 2 N–H and O–H groups in total. The summed E-state index contributed by atoms with van der Waals surface area (Å²) in [7, 11) is 0. The first-order valence-electron chi connectivity index (χ1n) is 10.7. The molecule has 1 aliphatic rings. The molecule has 31 heavy (non-hydrogen) atoms. The van der Waals surface area contributed by atoms with Crippen molar-refractivity contribution in [2.45, 2.75) is 33.1 Å². The van der Waals surface area contributed by atoms with Gasteiger partial charge in [0.2, 0.25) is 0 Å². The molecule has 1 saturated heterocycles. The van der Waals surface area contributed by atoms with Crippen LogP contribution in [0.5, 0.6) is 5.75 Å². The summed E-state index contributed by atoms with van der Waals surface area (Å²) in [6.07, 6.45) is 2.94. The Kier molecular flexibility index (Phi) is 8.00. The van der Waals surface area contributed by atoms with E-state index >= 15 is 0 Å². The summed E-state index contributed by atoms with van der Waals surface area (Å²) in [5.41, 5.74) is 1.60. The maximum absolute atomic E-state index is 13.0. The summed E-state index contributed by atoms with van der Waals surface area (Å²) in [6.45, 7) is 6.40. The SMILES string of the molecule is CCCOc1ccc(C(=O)NC(=S)Nc2ccccc2C(=O)N2CCC(C)CC2)cc1. The van der Waals surface area contributed by atoms with Crippen LogP contribution in [0.3, 0.4) is 0 Å². The van der Waals surface area contributed by atoms with Crippen molar-refractivity contribution < 1.29 is 14.3 Å². The first-order chi connectivity index (χ1) is 15.0. The van der Waals surface area contributed by atoms with E-state index in [9.17, 15) is 9.59 Å². The van der Waals surface area contributed by atoms with Gasteiger partial charge in [-0.3, -0.25) is 14.9 Å². The van der Waals surface area contributed by atoms with Crippen LogP contribution in [0.4, 0.5) is 5.69 Å². The first-order valence-corrected chi connectivity index (χ1v) is 11.1. The number of nitrogens with zero attached hydrogens (tertiary/aromatic N) is 1. The summed E-state index contributed by atoms with van der Waals surface area (Å²) in [5.74, 6) is 1.02. The molecule has 3 rings (SSSR count). The van der Waals surface area contributed by atoms with E-state index in [0.717, 1.165) is 38.1 Å². The zero-order valence-corrected chi connectivity index (χ0v) is 18.8. The van der Waals surface area contributed by atoms with Gasteiger partial charge < -0.3 is 15.0 Å². The molecule has 0 saturated carbocycles. The maximum atomic E-state index is 13.0. The lowest BCUT2D eigenvalue weighted by Gasteiger charge is -2.30. The third-order valence-electron chi connectivity index (χ3n) is 5.29. The van der Waals surface area contributed by atoms with Crippen LogP contribution in [-0.4, -0.2) is 41.5 Å². The number of carbonyl (C=O) groups excluding carboxylic acids is 2. The van der Waals surface area contributed by atoms with Gasteiger partial charge in [0.1, 0.15) is 5.75 Å². The lowest BCUT2D eigenvalue weighted by atomic mass is 9.98. The number of hydrogen-bond acceptors (Lipinski definition) is 4. The van der Waals surface area contributed by atoms with Gasteiger partial charge in [0.05, 0.1) is 17.9 Å². The van der Waals surface area contributed by atoms with Crippen molar-refractivity contribution in [1.29, 1.82) is 0 Å². The van der Waals surface area contributed by atoms with E-state index in [0.29, 0.717) is 29.3 Å². The topological polar surface area (TPSA) is 70.7 Å². The van der Waals surface area contributed by atoms with Gasteiger partial charge in [-0.1, -0.05) is 26.0 Å². The smallest absolute Gasteiger partial charge is 0.257 e. The van der Waals surface area contributed by atoms with Gasteiger partial charge in [-0.25, -0.2) is 0 Å². The predicted octanol–water partition coefficient (Wildman–Crippen LogP) is 4.47. The Labute approximate surface area is 189 Å². The van der Waals surface area contributed by atoms with Crippen LogP contribution in [0.25, 0.3) is 0 Å². The van der Waals surface area contributed by atoms with E-state index in [1.54, 1.807) is 36.4 Å². The van der Waals surface area contributed by atoms with Crippen LogP contribution in [0.2, 0.25) is 0 Å². The van der Waals surface area contributed by atoms with Crippen molar-refractivity contribution in [3.05, 3.63) is 59.7 Å². The van der Waals surface area contributed by atoms with Crippen LogP contribution >= 0.6 is 12.2 Å². The number of piperidine rings is 1. The Hall–Kier alpha value is -2.93. The van der Waals surface area contributed by atoms with Crippen LogP contribution < -0.4 is 15.4 Å². The fourth-order valence-corrected chi connectivity index (χ4v) is 3.61. The predicted molar refractivity (Wildman–Crippen MR) is 127 cm³/mol. The lowest BCUT2D eigenvalue weighted by Crippen LogP contribution is -2.39. The Morgan fingerprint density at radius 2 is 1.77 bits per heavy atom. The van der Waals surface area contributed by atoms with Gasteiger partial charge in [0.25, 0.3) is 11.8 Å². The summed E-state index contributed by atoms with van der Waals surface area (Å²) in [4.78, 5) is 27.4. The number of nitrogens with one attached hydrogen (secondary N) is 2. The zero-order valence-electron chi connectivity index (χ0n) is 18.0. The van der Waals surface area contributed by atoms with E-state index in [-0.39, 0.29) is 16.9 Å². The molecule has 164 valence electrons. The summed E-state index contributed by atoms with van der Waals surface area (Å²) in [6, 6.07) is 14.1. The van der Waals surface area contributed by atoms with E-state index in [2.05, 4.69) is 17.6 Å². The molecule has 2 aromatic rings. The molecule has 1 fully saturated rings. The molecule has 2 amide bonds. The molecule has 7 heteroatoms. The first kappa shape index (κ1) is 22.7. The minimum atomic E-state index is -0.326. The van der Waals surface area contributed by atoms with Crippen LogP contribution in [0.1, 0.15) is 53.8 Å². The third kappa shape index (κ3) is 6.28. The molecule has 0 aromatic heterocycles. The molecule has 0 bridgehead atoms. The van der Waals surface area contributed by atoms with Crippen LogP contribution in [0, 0.1) is 5.92 Å². The second kappa shape index (κ2) is 10.9. The van der Waals surface area contributed by atoms with Crippen molar-refractivity contribution in [2.24, 2.45) is 5.92 Å². The third-order valence-corrected chi connectivity index (χ3v) is 5.50. The van der Waals surface area contributed by atoms with Crippen molar-refractivity contribution in [3.63, 3.8) is 0 Å². The number of likely N-dealkylation sites (tertiary alicyclic amines) is 1. The quantitative estimate of drug-likeness (QED) is 0.650. The minimum Gasteiger partial charge on any atom is -0.494 e. The van der Waals surface area contributed by atoms with E-state index in [1.165, 1.54) is 0 Å². The highest BCUT2D eigenvalue weighted by molar-refractivity contribution is 7.80. The van der Waals surface area contributed by atoms with Crippen LogP contribution in [-0.2, 0) is 0 Å². The molecule has 1 aliphatic heterocycles. The minimum absolute atomic E-state index is 0.0215. The maximum Gasteiger partial charge on any atom is 0.257 e. The van der Waals surface area contributed by atoms with Gasteiger partial charge in [-0.2, -0.15) is 0 Å². The van der Waals surface area contributed by atoms with Crippen molar-refractivity contribution >= 4 is 34.8 Å². The Morgan fingerprint density at radius 3 is 2.45 bits per heavy atom. The van der Waals surface area contributed by atoms with Crippen LogP contribution in [0.15, 0.2) is 48.5 Å². The highest BCUT2D eigenvalue weighted by Gasteiger charge is 2.23. The molecular weight excluding hydrogens is 410 g/mol. The highest BCUT2D eigenvalue weighted by atomic mass is 32.1. The van der Waals surface area contributed by atoms with Gasteiger partial charge in [0, 0.05) is 18.7 Å².